The number of halogens is 1. The lowest BCUT2D eigenvalue weighted by molar-refractivity contribution is -0.137. The minimum atomic E-state index is 0.0437. The van der Waals surface area contributed by atoms with E-state index >= 15 is 0 Å². The number of nitrogens with zero attached hydrogens (tertiary/aromatic N) is 2. The molecule has 0 aromatic heterocycles. The highest BCUT2D eigenvalue weighted by Gasteiger charge is 2.41. The molecule has 1 heterocycles. The van der Waals surface area contributed by atoms with Gasteiger partial charge in [0.2, 0.25) is 5.91 Å². The van der Waals surface area contributed by atoms with Crippen molar-refractivity contribution in [2.45, 2.75) is 38.5 Å². The Bertz CT molecular complexity index is 717. The molecule has 3 fully saturated rings. The fourth-order valence-electron chi connectivity index (χ4n) is 5.27. The Hall–Kier alpha value is -1.59. The van der Waals surface area contributed by atoms with Crippen molar-refractivity contribution in [1.82, 2.24) is 10.2 Å². The summed E-state index contributed by atoms with van der Waals surface area (Å²) in [5.74, 6) is 0.927. The van der Waals surface area contributed by atoms with Gasteiger partial charge in [-0.1, -0.05) is 30.2 Å². The number of hydrogen-bond donors (Lipinski definition) is 1. The second-order valence-corrected chi connectivity index (χ2v) is 9.23. The van der Waals surface area contributed by atoms with Crippen LogP contribution in [0.3, 0.4) is 0 Å². The van der Waals surface area contributed by atoms with Gasteiger partial charge in [-0.2, -0.15) is 0 Å². The van der Waals surface area contributed by atoms with E-state index in [1.54, 1.807) is 0 Å². The van der Waals surface area contributed by atoms with Crippen LogP contribution >= 0.6 is 11.6 Å². The third-order valence-electron chi connectivity index (χ3n) is 6.93. The van der Waals surface area contributed by atoms with Crippen LogP contribution in [-0.2, 0) is 9.59 Å². The van der Waals surface area contributed by atoms with E-state index in [4.69, 9.17) is 11.6 Å². The van der Waals surface area contributed by atoms with Crippen molar-refractivity contribution in [3.8, 4) is 0 Å². The standard InChI is InChI=1S/C23H32ClN3O2/c24-20-7-1-2-8-21(20)27-13-11-26(12-14-27)10-4-9-25-23(29)19-15-17-5-3-6-18(16-19)22(17)28/h1-2,7-8,17-19H,3-6,9-16H2,(H,25,29). The van der Waals surface area contributed by atoms with E-state index in [1.165, 1.54) is 0 Å². The van der Waals surface area contributed by atoms with E-state index < -0.39 is 0 Å². The van der Waals surface area contributed by atoms with Crippen LogP contribution in [0.15, 0.2) is 24.3 Å². The molecule has 3 aliphatic rings. The van der Waals surface area contributed by atoms with Crippen molar-refractivity contribution in [2.75, 3.05) is 44.2 Å². The van der Waals surface area contributed by atoms with Crippen LogP contribution in [0.5, 0.6) is 0 Å². The number of nitrogens with one attached hydrogen (secondary N) is 1. The zero-order chi connectivity index (χ0) is 20.2. The maximum Gasteiger partial charge on any atom is 0.223 e. The smallest absolute Gasteiger partial charge is 0.223 e. The van der Waals surface area contributed by atoms with Crippen LogP contribution in [0.25, 0.3) is 0 Å². The summed E-state index contributed by atoms with van der Waals surface area (Å²) in [6.45, 7) is 5.73. The number of rotatable bonds is 6. The van der Waals surface area contributed by atoms with E-state index in [9.17, 15) is 9.59 Å². The maximum absolute atomic E-state index is 12.6. The lowest BCUT2D eigenvalue weighted by atomic mass is 9.67. The molecular weight excluding hydrogens is 386 g/mol. The number of amides is 1. The van der Waals surface area contributed by atoms with Gasteiger partial charge in [-0.05, 0) is 50.8 Å². The first kappa shape index (κ1) is 20.7. The highest BCUT2D eigenvalue weighted by molar-refractivity contribution is 6.33. The molecular formula is C23H32ClN3O2. The lowest BCUT2D eigenvalue weighted by Gasteiger charge is -2.37. The van der Waals surface area contributed by atoms with Crippen LogP contribution < -0.4 is 10.2 Å². The minimum absolute atomic E-state index is 0.0437. The molecule has 1 amide bonds. The fraction of sp³-hybridized carbons (Fsp3) is 0.652. The van der Waals surface area contributed by atoms with E-state index in [1.807, 2.05) is 18.2 Å². The summed E-state index contributed by atoms with van der Waals surface area (Å²) < 4.78 is 0. The van der Waals surface area contributed by atoms with Gasteiger partial charge in [-0.15, -0.1) is 0 Å². The lowest BCUT2D eigenvalue weighted by Crippen LogP contribution is -2.47. The van der Waals surface area contributed by atoms with Crippen LogP contribution in [0.2, 0.25) is 5.02 Å². The Morgan fingerprint density at radius 3 is 2.45 bits per heavy atom. The average molecular weight is 418 g/mol. The van der Waals surface area contributed by atoms with Crippen molar-refractivity contribution >= 4 is 29.0 Å². The number of benzene rings is 1. The first-order chi connectivity index (χ1) is 14.1. The zero-order valence-electron chi connectivity index (χ0n) is 17.1. The molecule has 2 bridgehead atoms. The Balaban J connectivity index is 1.14. The van der Waals surface area contributed by atoms with Gasteiger partial charge in [0.05, 0.1) is 10.7 Å². The quantitative estimate of drug-likeness (QED) is 0.721. The minimum Gasteiger partial charge on any atom is -0.368 e. The number of hydrogen-bond acceptors (Lipinski definition) is 4. The molecule has 2 unspecified atom stereocenters. The van der Waals surface area contributed by atoms with Gasteiger partial charge < -0.3 is 10.2 Å². The number of Topliss-reactive ketones (excluding diaryl/α,β-unsaturated/α-hetero) is 1. The van der Waals surface area contributed by atoms with Gasteiger partial charge in [-0.3, -0.25) is 14.5 Å². The number of para-hydroxylation sites is 1. The molecule has 0 spiro atoms. The molecule has 4 rings (SSSR count). The average Bonchev–Trinajstić information content (AvgIpc) is 2.72. The first-order valence-electron chi connectivity index (χ1n) is 11.1. The van der Waals surface area contributed by atoms with Gasteiger partial charge in [0.25, 0.3) is 0 Å². The van der Waals surface area contributed by atoms with Crippen molar-refractivity contribution in [3.63, 3.8) is 0 Å². The molecule has 158 valence electrons. The Morgan fingerprint density at radius 1 is 1.07 bits per heavy atom. The summed E-state index contributed by atoms with van der Waals surface area (Å²) in [4.78, 5) is 29.6. The molecule has 1 aromatic rings. The third-order valence-corrected chi connectivity index (χ3v) is 7.25. The highest BCUT2D eigenvalue weighted by atomic mass is 35.5. The van der Waals surface area contributed by atoms with Crippen LogP contribution in [0, 0.1) is 17.8 Å². The molecule has 2 saturated carbocycles. The number of ketones is 1. The fourth-order valence-corrected chi connectivity index (χ4v) is 5.53. The topological polar surface area (TPSA) is 52.7 Å². The van der Waals surface area contributed by atoms with Crippen LogP contribution in [-0.4, -0.2) is 55.9 Å². The molecule has 1 aliphatic heterocycles. The van der Waals surface area contributed by atoms with E-state index in [0.29, 0.717) is 5.78 Å². The van der Waals surface area contributed by atoms with Gasteiger partial charge in [0, 0.05) is 50.5 Å². The molecule has 2 aliphatic carbocycles. The molecule has 1 saturated heterocycles. The Labute approximate surface area is 178 Å². The largest absolute Gasteiger partial charge is 0.368 e. The molecule has 29 heavy (non-hydrogen) atoms. The van der Waals surface area contributed by atoms with Crippen molar-refractivity contribution in [1.29, 1.82) is 0 Å². The normalized spacial score (nSPS) is 27.7. The predicted molar refractivity (Wildman–Crippen MR) is 116 cm³/mol. The summed E-state index contributed by atoms with van der Waals surface area (Å²) >= 11 is 6.31. The summed E-state index contributed by atoms with van der Waals surface area (Å²) in [5.41, 5.74) is 1.12. The molecule has 2 atom stereocenters. The molecule has 1 aromatic carbocycles. The molecule has 1 N–H and O–H groups in total. The van der Waals surface area contributed by atoms with Crippen LogP contribution in [0.4, 0.5) is 5.69 Å². The van der Waals surface area contributed by atoms with Crippen LogP contribution in [0.1, 0.15) is 38.5 Å². The van der Waals surface area contributed by atoms with Crippen molar-refractivity contribution in [3.05, 3.63) is 29.3 Å². The second kappa shape index (κ2) is 9.48. The number of fused-ring (bicyclic) bond motifs is 2. The first-order valence-corrected chi connectivity index (χ1v) is 11.5. The summed E-state index contributed by atoms with van der Waals surface area (Å²) in [6, 6.07) is 8.03. The van der Waals surface area contributed by atoms with Gasteiger partial charge in [0.15, 0.2) is 0 Å². The highest BCUT2D eigenvalue weighted by Crippen LogP contribution is 2.40. The number of carbonyl (C=O) groups excluding carboxylic acids is 2. The van der Waals surface area contributed by atoms with Crippen molar-refractivity contribution < 1.29 is 9.59 Å². The predicted octanol–water partition coefficient (Wildman–Crippen LogP) is 3.36. The number of piperazine rings is 1. The Kier molecular flexibility index (Phi) is 6.76. The summed E-state index contributed by atoms with van der Waals surface area (Å²) in [6.07, 6.45) is 5.63. The van der Waals surface area contributed by atoms with E-state index in [-0.39, 0.29) is 23.7 Å². The zero-order valence-corrected chi connectivity index (χ0v) is 17.9. The third kappa shape index (κ3) is 4.95. The van der Waals surface area contributed by atoms with Gasteiger partial charge in [0.1, 0.15) is 5.78 Å². The molecule has 5 nitrogen and oxygen atoms in total. The molecule has 0 radical (unpaired) electrons. The SMILES string of the molecule is O=C(NCCCN1CCN(c2ccccc2Cl)CC1)C1CC2CCCC(C1)C2=O. The van der Waals surface area contributed by atoms with Gasteiger partial charge in [-0.25, -0.2) is 0 Å². The number of carbonyl (C=O) groups is 2. The molecule has 6 heteroatoms. The van der Waals surface area contributed by atoms with E-state index in [2.05, 4.69) is 21.2 Å². The summed E-state index contributed by atoms with van der Waals surface area (Å²) in [5, 5.41) is 3.95. The Morgan fingerprint density at radius 2 is 1.76 bits per heavy atom. The number of anilines is 1. The van der Waals surface area contributed by atoms with E-state index in [0.717, 1.165) is 88.5 Å². The second-order valence-electron chi connectivity index (χ2n) is 8.82. The van der Waals surface area contributed by atoms with Gasteiger partial charge >= 0.3 is 0 Å². The monoisotopic (exact) mass is 417 g/mol. The van der Waals surface area contributed by atoms with Crippen molar-refractivity contribution in [2.24, 2.45) is 17.8 Å². The maximum atomic E-state index is 12.6. The summed E-state index contributed by atoms with van der Waals surface area (Å²) in [7, 11) is 0.